The van der Waals surface area contributed by atoms with E-state index in [9.17, 15) is 0 Å². The minimum atomic E-state index is -0.366. The van der Waals surface area contributed by atoms with Crippen molar-refractivity contribution in [2.24, 2.45) is 0 Å². The van der Waals surface area contributed by atoms with E-state index >= 15 is 0 Å². The molecule has 2 fully saturated rings. The van der Waals surface area contributed by atoms with Crippen LogP contribution in [-0.4, -0.2) is 42.1 Å². The highest BCUT2D eigenvalue weighted by molar-refractivity contribution is 6.31. The molecule has 0 aliphatic carbocycles. The zero-order chi connectivity index (χ0) is 17.1. The fourth-order valence-electron chi connectivity index (χ4n) is 3.29. The van der Waals surface area contributed by atoms with Crippen molar-refractivity contribution in [1.82, 2.24) is 9.97 Å². The molecule has 0 radical (unpaired) electrons. The third kappa shape index (κ3) is 3.71. The fourth-order valence-corrected chi connectivity index (χ4v) is 3.49. The summed E-state index contributed by atoms with van der Waals surface area (Å²) in [6, 6.07) is 9.70. The van der Waals surface area contributed by atoms with Gasteiger partial charge >= 0.3 is 0 Å². The monoisotopic (exact) mass is 360 g/mol. The first kappa shape index (κ1) is 16.6. The Morgan fingerprint density at radius 2 is 1.88 bits per heavy atom. The summed E-state index contributed by atoms with van der Waals surface area (Å²) >= 11 is 6.19. The number of anilines is 2. The van der Waals surface area contributed by atoms with Crippen LogP contribution in [0.5, 0.6) is 0 Å². The molecule has 25 heavy (non-hydrogen) atoms. The number of benzene rings is 1. The lowest BCUT2D eigenvalue weighted by Crippen LogP contribution is -2.45. The van der Waals surface area contributed by atoms with Crippen LogP contribution in [0.3, 0.4) is 0 Å². The van der Waals surface area contributed by atoms with Gasteiger partial charge in [0.25, 0.3) is 0 Å². The van der Waals surface area contributed by atoms with Crippen molar-refractivity contribution in [2.75, 3.05) is 36.5 Å². The molecule has 3 heterocycles. The van der Waals surface area contributed by atoms with Gasteiger partial charge in [0.15, 0.2) is 5.79 Å². The number of halogens is 1. The van der Waals surface area contributed by atoms with Crippen molar-refractivity contribution >= 4 is 23.4 Å². The molecule has 6 nitrogen and oxygen atoms in total. The van der Waals surface area contributed by atoms with Crippen LogP contribution in [0, 0.1) is 0 Å². The zero-order valence-electron chi connectivity index (χ0n) is 13.9. The molecule has 0 unspecified atom stereocenters. The molecule has 7 heteroatoms. The van der Waals surface area contributed by atoms with Crippen LogP contribution in [-0.2, 0) is 16.0 Å². The normalized spacial score (nSPS) is 19.3. The lowest BCUT2D eigenvalue weighted by atomic mass is 10.0. The smallest absolute Gasteiger partial charge is 0.224 e. The summed E-state index contributed by atoms with van der Waals surface area (Å²) in [6.07, 6.45) is 3.50. The van der Waals surface area contributed by atoms with E-state index in [1.165, 1.54) is 0 Å². The van der Waals surface area contributed by atoms with Crippen molar-refractivity contribution in [3.8, 4) is 0 Å². The Bertz CT molecular complexity index is 727. The van der Waals surface area contributed by atoms with E-state index < -0.39 is 0 Å². The number of nitrogens with one attached hydrogen (secondary N) is 1. The Balaban J connectivity index is 1.39. The molecule has 1 N–H and O–H groups in total. The number of ether oxygens (including phenoxy) is 2. The number of nitrogens with zero attached hydrogens (tertiary/aromatic N) is 3. The van der Waals surface area contributed by atoms with Gasteiger partial charge in [-0.25, -0.2) is 4.98 Å². The molecule has 0 saturated carbocycles. The summed E-state index contributed by atoms with van der Waals surface area (Å²) in [5.74, 6) is 1.16. The molecule has 2 saturated heterocycles. The fraction of sp³-hybridized carbons (Fsp3) is 0.444. The second kappa shape index (κ2) is 7.15. The van der Waals surface area contributed by atoms with Crippen molar-refractivity contribution in [3.05, 3.63) is 47.1 Å². The Labute approximate surface area is 152 Å². The van der Waals surface area contributed by atoms with E-state index in [0.29, 0.717) is 25.7 Å². The van der Waals surface area contributed by atoms with Gasteiger partial charge in [-0.2, -0.15) is 4.98 Å². The average Bonchev–Trinajstić information content (AvgIpc) is 3.10. The number of hydrogen-bond donors (Lipinski definition) is 1. The van der Waals surface area contributed by atoms with Gasteiger partial charge in [0, 0.05) is 43.7 Å². The van der Waals surface area contributed by atoms with Gasteiger partial charge in [-0.3, -0.25) is 0 Å². The summed E-state index contributed by atoms with van der Waals surface area (Å²) in [7, 11) is 0. The molecule has 132 valence electrons. The first-order chi connectivity index (χ1) is 12.2. The highest BCUT2D eigenvalue weighted by Gasteiger charge is 2.40. The molecule has 1 spiro atoms. The Kier molecular flexibility index (Phi) is 4.74. The Hall–Kier alpha value is -1.89. The van der Waals surface area contributed by atoms with E-state index in [0.717, 1.165) is 42.3 Å². The summed E-state index contributed by atoms with van der Waals surface area (Å²) in [5.41, 5.74) is 1.02. The minimum Gasteiger partial charge on any atom is -0.356 e. The van der Waals surface area contributed by atoms with Crippen molar-refractivity contribution < 1.29 is 9.47 Å². The van der Waals surface area contributed by atoms with E-state index in [1.807, 2.05) is 30.3 Å². The van der Waals surface area contributed by atoms with Crippen molar-refractivity contribution in [1.29, 1.82) is 0 Å². The van der Waals surface area contributed by atoms with E-state index in [-0.39, 0.29) is 5.79 Å². The number of piperidine rings is 1. The summed E-state index contributed by atoms with van der Waals surface area (Å²) < 4.78 is 11.6. The van der Waals surface area contributed by atoms with Crippen LogP contribution >= 0.6 is 11.6 Å². The molecule has 1 aromatic carbocycles. The molecule has 0 atom stereocenters. The third-order valence-corrected chi connectivity index (χ3v) is 5.07. The topological polar surface area (TPSA) is 59.5 Å². The van der Waals surface area contributed by atoms with Gasteiger partial charge in [-0.1, -0.05) is 29.8 Å². The van der Waals surface area contributed by atoms with Gasteiger partial charge in [0.2, 0.25) is 5.95 Å². The van der Waals surface area contributed by atoms with E-state index in [4.69, 9.17) is 21.1 Å². The van der Waals surface area contributed by atoms with Gasteiger partial charge in [-0.05, 0) is 17.7 Å². The Morgan fingerprint density at radius 3 is 2.64 bits per heavy atom. The molecule has 0 amide bonds. The SMILES string of the molecule is Clc1ccccc1CNc1nccc(N2CCC3(CC2)OCCO3)n1. The van der Waals surface area contributed by atoms with Crippen LogP contribution in [0.4, 0.5) is 11.8 Å². The first-order valence-corrected chi connectivity index (χ1v) is 8.95. The average molecular weight is 361 g/mol. The van der Waals surface area contributed by atoms with Crippen LogP contribution in [0.25, 0.3) is 0 Å². The Morgan fingerprint density at radius 1 is 1.12 bits per heavy atom. The van der Waals surface area contributed by atoms with Gasteiger partial charge in [-0.15, -0.1) is 0 Å². The molecular weight excluding hydrogens is 340 g/mol. The maximum absolute atomic E-state index is 6.19. The van der Waals surface area contributed by atoms with E-state index in [1.54, 1.807) is 6.20 Å². The van der Waals surface area contributed by atoms with Crippen LogP contribution in [0.15, 0.2) is 36.5 Å². The summed E-state index contributed by atoms with van der Waals surface area (Å²) in [4.78, 5) is 11.2. The minimum absolute atomic E-state index is 0.366. The number of rotatable bonds is 4. The first-order valence-electron chi connectivity index (χ1n) is 8.57. The standard InChI is InChI=1S/C18H21ClN4O2/c19-15-4-2-1-3-14(15)13-21-17-20-8-5-16(22-17)23-9-6-18(7-10-23)24-11-12-25-18/h1-5,8H,6-7,9-13H2,(H,20,21,22). The van der Waals surface area contributed by atoms with Crippen LogP contribution in [0.1, 0.15) is 18.4 Å². The van der Waals surface area contributed by atoms with Crippen molar-refractivity contribution in [3.63, 3.8) is 0 Å². The number of hydrogen-bond acceptors (Lipinski definition) is 6. The number of aromatic nitrogens is 2. The van der Waals surface area contributed by atoms with Gasteiger partial charge in [0.1, 0.15) is 5.82 Å². The van der Waals surface area contributed by atoms with Gasteiger partial charge < -0.3 is 19.7 Å². The maximum atomic E-state index is 6.19. The third-order valence-electron chi connectivity index (χ3n) is 4.70. The van der Waals surface area contributed by atoms with Crippen molar-refractivity contribution in [2.45, 2.75) is 25.2 Å². The molecule has 2 aliphatic heterocycles. The molecular formula is C18H21ClN4O2. The van der Waals surface area contributed by atoms with Crippen LogP contribution < -0.4 is 10.2 Å². The summed E-state index contributed by atoms with van der Waals surface area (Å²) in [5, 5.41) is 3.99. The van der Waals surface area contributed by atoms with Crippen LogP contribution in [0.2, 0.25) is 5.02 Å². The second-order valence-electron chi connectivity index (χ2n) is 6.28. The van der Waals surface area contributed by atoms with Gasteiger partial charge in [0.05, 0.1) is 13.2 Å². The lowest BCUT2D eigenvalue weighted by molar-refractivity contribution is -0.169. The quantitative estimate of drug-likeness (QED) is 0.904. The molecule has 0 bridgehead atoms. The molecule has 2 aliphatic rings. The lowest BCUT2D eigenvalue weighted by Gasteiger charge is -2.38. The molecule has 1 aromatic heterocycles. The second-order valence-corrected chi connectivity index (χ2v) is 6.69. The highest BCUT2D eigenvalue weighted by Crippen LogP contribution is 2.32. The maximum Gasteiger partial charge on any atom is 0.224 e. The predicted molar refractivity (Wildman–Crippen MR) is 96.9 cm³/mol. The highest BCUT2D eigenvalue weighted by atomic mass is 35.5. The molecule has 2 aromatic rings. The molecule has 4 rings (SSSR count). The predicted octanol–water partition coefficient (Wildman–Crippen LogP) is 3.09. The zero-order valence-corrected chi connectivity index (χ0v) is 14.7. The van der Waals surface area contributed by atoms with E-state index in [2.05, 4.69) is 20.2 Å². The largest absolute Gasteiger partial charge is 0.356 e. The summed E-state index contributed by atoms with van der Waals surface area (Å²) in [6.45, 7) is 3.71.